The van der Waals surface area contributed by atoms with Crippen LogP contribution in [0.5, 0.6) is 0 Å². The van der Waals surface area contributed by atoms with Crippen molar-refractivity contribution in [2.75, 3.05) is 0 Å². The molecule has 0 aliphatic heterocycles. The first kappa shape index (κ1) is 18.9. The first-order valence-corrected chi connectivity index (χ1v) is 10.2. The number of carbonyl (C=O) groups excluding carboxylic acids is 1. The topological polar surface area (TPSA) is 70.9 Å². The van der Waals surface area contributed by atoms with E-state index >= 15 is 0 Å². The number of hydrogen-bond donors (Lipinski definition) is 2. The molecule has 31 heavy (non-hydrogen) atoms. The average molecular weight is 407 g/mol. The Kier molecular flexibility index (Phi) is 5.07. The molecule has 2 aromatic heterocycles. The molecule has 5 nitrogen and oxygen atoms in total. The summed E-state index contributed by atoms with van der Waals surface area (Å²) in [6.07, 6.45) is 2.18. The first-order valence-electron chi connectivity index (χ1n) is 10.2. The van der Waals surface area contributed by atoms with Gasteiger partial charge in [0.05, 0.1) is 13.0 Å². The van der Waals surface area contributed by atoms with Crippen LogP contribution < -0.4 is 5.32 Å². The van der Waals surface area contributed by atoms with E-state index in [0.717, 1.165) is 33.3 Å². The smallest absolute Gasteiger partial charge is 0.224 e. The van der Waals surface area contributed by atoms with Crippen LogP contribution >= 0.6 is 0 Å². The van der Waals surface area contributed by atoms with Gasteiger partial charge in [-0.3, -0.25) is 4.79 Å². The summed E-state index contributed by atoms with van der Waals surface area (Å²) in [6.45, 7) is 0.230. The highest BCUT2D eigenvalue weighted by molar-refractivity contribution is 5.88. The van der Waals surface area contributed by atoms with Gasteiger partial charge in [0.1, 0.15) is 5.69 Å². The lowest BCUT2D eigenvalue weighted by Crippen LogP contribution is -2.24. The van der Waals surface area contributed by atoms with Gasteiger partial charge < -0.3 is 14.7 Å². The zero-order chi connectivity index (χ0) is 21.0. The van der Waals surface area contributed by atoms with Crippen molar-refractivity contribution in [2.24, 2.45) is 0 Å². The Hall–Kier alpha value is -4.12. The second-order valence-electron chi connectivity index (χ2n) is 7.33. The Morgan fingerprint density at radius 1 is 0.871 bits per heavy atom. The van der Waals surface area contributed by atoms with Crippen LogP contribution in [0, 0.1) is 0 Å². The molecule has 0 radical (unpaired) electrons. The van der Waals surface area contributed by atoms with E-state index in [0.29, 0.717) is 18.1 Å². The molecule has 0 aliphatic carbocycles. The minimum atomic E-state index is -0.0783. The molecule has 5 rings (SSSR count). The summed E-state index contributed by atoms with van der Waals surface area (Å²) in [5.74, 6) is 1.10. The monoisotopic (exact) mass is 407 g/mol. The van der Waals surface area contributed by atoms with Gasteiger partial charge in [-0.15, -0.1) is 0 Å². The lowest BCUT2D eigenvalue weighted by atomic mass is 10.1. The number of oxazole rings is 1. The Balaban J connectivity index is 1.36. The highest BCUT2D eigenvalue weighted by Crippen LogP contribution is 2.32. The molecule has 0 bridgehead atoms. The van der Waals surface area contributed by atoms with Crippen molar-refractivity contribution in [1.29, 1.82) is 0 Å². The summed E-state index contributed by atoms with van der Waals surface area (Å²) in [5, 5.41) is 4.00. The summed E-state index contributed by atoms with van der Waals surface area (Å²) in [5.41, 5.74) is 4.69. The molecule has 2 N–H and O–H groups in total. The molecule has 0 saturated heterocycles. The first-order chi connectivity index (χ1) is 15.3. The van der Waals surface area contributed by atoms with E-state index in [9.17, 15) is 4.79 Å². The van der Waals surface area contributed by atoms with Crippen LogP contribution in [0.3, 0.4) is 0 Å². The maximum Gasteiger partial charge on any atom is 0.224 e. The number of nitrogens with one attached hydrogen (secondary N) is 2. The molecule has 0 atom stereocenters. The highest BCUT2D eigenvalue weighted by Gasteiger charge is 2.17. The number of rotatable bonds is 6. The fourth-order valence-corrected chi connectivity index (χ4v) is 3.70. The van der Waals surface area contributed by atoms with Crippen molar-refractivity contribution in [1.82, 2.24) is 15.3 Å². The van der Waals surface area contributed by atoms with Crippen molar-refractivity contribution in [3.8, 4) is 22.6 Å². The third-order valence-corrected chi connectivity index (χ3v) is 5.22. The van der Waals surface area contributed by atoms with E-state index in [4.69, 9.17) is 4.42 Å². The lowest BCUT2D eigenvalue weighted by Gasteiger charge is -2.02. The number of carbonyl (C=O) groups is 1. The van der Waals surface area contributed by atoms with Crippen molar-refractivity contribution in [3.63, 3.8) is 0 Å². The summed E-state index contributed by atoms with van der Waals surface area (Å²) < 4.78 is 6.08. The van der Waals surface area contributed by atoms with Crippen molar-refractivity contribution >= 4 is 16.8 Å². The quantitative estimate of drug-likeness (QED) is 0.399. The molecule has 3 aromatic carbocycles. The average Bonchev–Trinajstić information content (AvgIpc) is 3.44. The third kappa shape index (κ3) is 3.98. The highest BCUT2D eigenvalue weighted by atomic mass is 16.4. The number of nitrogens with zero attached hydrogens (tertiary/aromatic N) is 1. The van der Waals surface area contributed by atoms with E-state index in [2.05, 4.69) is 15.3 Å². The van der Waals surface area contributed by atoms with Gasteiger partial charge >= 0.3 is 0 Å². The SMILES string of the molecule is O=C(Cc1c[nH]c2ccccc12)NCc1nc(-c2ccccc2)c(-c2ccccc2)o1. The van der Waals surface area contributed by atoms with Crippen LogP contribution in [0.2, 0.25) is 0 Å². The molecule has 0 aliphatic rings. The van der Waals surface area contributed by atoms with Gasteiger partial charge in [0.25, 0.3) is 0 Å². The standard InChI is InChI=1S/C26H21N3O2/c30-23(15-20-16-27-22-14-8-7-13-21(20)22)28-17-24-29-25(18-9-3-1-4-10-18)26(31-24)19-11-5-2-6-12-19/h1-14,16,27H,15,17H2,(H,28,30). The zero-order valence-electron chi connectivity index (χ0n) is 16.8. The van der Waals surface area contributed by atoms with Gasteiger partial charge in [-0.2, -0.15) is 0 Å². The Morgan fingerprint density at radius 3 is 2.32 bits per heavy atom. The molecule has 0 unspecified atom stereocenters. The maximum absolute atomic E-state index is 12.6. The van der Waals surface area contributed by atoms with E-state index in [-0.39, 0.29) is 12.5 Å². The second kappa shape index (κ2) is 8.32. The van der Waals surface area contributed by atoms with E-state index < -0.39 is 0 Å². The van der Waals surface area contributed by atoms with Gasteiger partial charge in [-0.25, -0.2) is 4.98 Å². The van der Waals surface area contributed by atoms with Crippen molar-refractivity contribution < 1.29 is 9.21 Å². The Morgan fingerprint density at radius 2 is 1.55 bits per heavy atom. The predicted molar refractivity (Wildman–Crippen MR) is 121 cm³/mol. The van der Waals surface area contributed by atoms with Gasteiger partial charge in [0.15, 0.2) is 5.76 Å². The van der Waals surface area contributed by atoms with Crippen LogP contribution in [-0.4, -0.2) is 15.9 Å². The molecule has 2 heterocycles. The molecule has 152 valence electrons. The third-order valence-electron chi connectivity index (χ3n) is 5.22. The number of H-pyrrole nitrogens is 1. The second-order valence-corrected chi connectivity index (χ2v) is 7.33. The molecule has 5 heteroatoms. The Bertz CT molecular complexity index is 1260. The van der Waals surface area contributed by atoms with E-state index in [1.165, 1.54) is 0 Å². The fourth-order valence-electron chi connectivity index (χ4n) is 3.70. The van der Waals surface area contributed by atoms with E-state index in [1.54, 1.807) is 0 Å². The van der Waals surface area contributed by atoms with Crippen LogP contribution in [0.15, 0.2) is 95.5 Å². The number of hydrogen-bond acceptors (Lipinski definition) is 3. The number of amides is 1. The molecule has 0 fully saturated rings. The minimum absolute atomic E-state index is 0.0783. The fraction of sp³-hybridized carbons (Fsp3) is 0.0769. The maximum atomic E-state index is 12.6. The molecule has 1 amide bonds. The Labute approximate surface area is 179 Å². The number of para-hydroxylation sites is 1. The van der Waals surface area contributed by atoms with Crippen molar-refractivity contribution in [3.05, 3.63) is 103 Å². The van der Waals surface area contributed by atoms with Crippen LogP contribution in [-0.2, 0) is 17.8 Å². The predicted octanol–water partition coefficient (Wildman–Crippen LogP) is 5.35. The van der Waals surface area contributed by atoms with Gasteiger partial charge in [0, 0.05) is 28.2 Å². The van der Waals surface area contributed by atoms with Gasteiger partial charge in [-0.05, 0) is 11.6 Å². The summed E-state index contributed by atoms with van der Waals surface area (Å²) in [6, 6.07) is 27.8. The molecule has 0 spiro atoms. The molecular formula is C26H21N3O2. The zero-order valence-corrected chi connectivity index (χ0v) is 16.8. The van der Waals surface area contributed by atoms with Crippen molar-refractivity contribution in [2.45, 2.75) is 13.0 Å². The van der Waals surface area contributed by atoms with Gasteiger partial charge in [0.2, 0.25) is 11.8 Å². The summed E-state index contributed by atoms with van der Waals surface area (Å²) >= 11 is 0. The van der Waals surface area contributed by atoms with Crippen LogP contribution in [0.4, 0.5) is 0 Å². The normalized spacial score (nSPS) is 11.0. The number of fused-ring (bicyclic) bond motifs is 1. The summed E-state index contributed by atoms with van der Waals surface area (Å²) in [4.78, 5) is 20.5. The largest absolute Gasteiger partial charge is 0.438 e. The molecule has 5 aromatic rings. The minimum Gasteiger partial charge on any atom is -0.438 e. The lowest BCUT2D eigenvalue weighted by molar-refractivity contribution is -0.120. The molecular weight excluding hydrogens is 386 g/mol. The van der Waals surface area contributed by atoms with Crippen LogP contribution in [0.1, 0.15) is 11.5 Å². The van der Waals surface area contributed by atoms with Crippen LogP contribution in [0.25, 0.3) is 33.5 Å². The molecule has 0 saturated carbocycles. The number of aromatic amines is 1. The van der Waals surface area contributed by atoms with Gasteiger partial charge in [-0.1, -0.05) is 78.9 Å². The van der Waals surface area contributed by atoms with E-state index in [1.807, 2.05) is 91.1 Å². The number of aromatic nitrogens is 2. The summed E-state index contributed by atoms with van der Waals surface area (Å²) in [7, 11) is 0. The number of benzene rings is 3.